The lowest BCUT2D eigenvalue weighted by Gasteiger charge is -2.17. The molecule has 1 amide bonds. The van der Waals surface area contributed by atoms with Crippen LogP contribution in [0.4, 0.5) is 4.79 Å². The van der Waals surface area contributed by atoms with E-state index in [4.69, 9.17) is 9.15 Å². The van der Waals surface area contributed by atoms with Crippen LogP contribution >= 0.6 is 24.0 Å². The van der Waals surface area contributed by atoms with Gasteiger partial charge in [-0.1, -0.05) is 0 Å². The molecule has 1 fully saturated rings. The van der Waals surface area contributed by atoms with Gasteiger partial charge in [0.05, 0.1) is 25.5 Å². The molecule has 0 aromatic carbocycles. The number of aliphatic imine (C=N–C) groups is 1. The van der Waals surface area contributed by atoms with Gasteiger partial charge in [-0.15, -0.1) is 24.0 Å². The first-order valence-electron chi connectivity index (χ1n) is 8.70. The molecule has 1 unspecified atom stereocenters. The smallest absolute Gasteiger partial charge is 0.407 e. The van der Waals surface area contributed by atoms with Crippen molar-refractivity contribution in [2.75, 3.05) is 26.2 Å². The Morgan fingerprint density at radius 3 is 2.80 bits per heavy atom. The lowest BCUT2D eigenvalue weighted by molar-refractivity contribution is 0.147. The number of amides is 1. The molecular formula is C17H29IN4O3. The van der Waals surface area contributed by atoms with Crippen molar-refractivity contribution in [2.24, 2.45) is 10.9 Å². The first-order chi connectivity index (χ1) is 11.7. The highest BCUT2D eigenvalue weighted by Gasteiger charge is 2.32. The number of carbonyl (C=O) groups excluding carboxylic acids is 1. The Hall–Kier alpha value is -1.45. The predicted octanol–water partition coefficient (Wildman–Crippen LogP) is 2.52. The summed E-state index contributed by atoms with van der Waals surface area (Å²) in [5.41, 5.74) is 0. The predicted molar refractivity (Wildman–Crippen MR) is 108 cm³/mol. The van der Waals surface area contributed by atoms with E-state index in [0.29, 0.717) is 19.1 Å². The number of furan rings is 1. The Morgan fingerprint density at radius 2 is 2.20 bits per heavy atom. The standard InChI is InChI=1S/C17H28N4O3.HI/c1-3-18-16(19-10-9-14-6-5-11-24-14)20-12-15(13-7-8-13)21-17(22)23-4-2;/h5-6,11,13,15H,3-4,7-10,12H2,1-2H3,(H,21,22)(H2,18,19,20);1H. The zero-order valence-corrected chi connectivity index (χ0v) is 17.2. The second kappa shape index (κ2) is 12.0. The molecule has 3 N–H and O–H groups in total. The van der Waals surface area contributed by atoms with E-state index in [9.17, 15) is 4.79 Å². The second-order valence-corrected chi connectivity index (χ2v) is 5.78. The number of nitrogens with zero attached hydrogens (tertiary/aromatic N) is 1. The van der Waals surface area contributed by atoms with E-state index in [2.05, 4.69) is 20.9 Å². The highest BCUT2D eigenvalue weighted by molar-refractivity contribution is 14.0. The van der Waals surface area contributed by atoms with Gasteiger partial charge in [0, 0.05) is 19.5 Å². The van der Waals surface area contributed by atoms with Crippen LogP contribution in [0.1, 0.15) is 32.4 Å². The fourth-order valence-electron chi connectivity index (χ4n) is 2.43. The fraction of sp³-hybridized carbons (Fsp3) is 0.647. The van der Waals surface area contributed by atoms with Crippen molar-refractivity contribution in [1.29, 1.82) is 0 Å². The molecule has 2 rings (SSSR count). The molecule has 1 heterocycles. The van der Waals surface area contributed by atoms with E-state index in [-0.39, 0.29) is 36.1 Å². The van der Waals surface area contributed by atoms with E-state index < -0.39 is 0 Å². The highest BCUT2D eigenvalue weighted by Crippen LogP contribution is 2.32. The van der Waals surface area contributed by atoms with Crippen LogP contribution in [-0.4, -0.2) is 44.3 Å². The molecule has 0 saturated heterocycles. The van der Waals surface area contributed by atoms with Crippen LogP contribution in [0.3, 0.4) is 0 Å². The van der Waals surface area contributed by atoms with Gasteiger partial charge in [0.1, 0.15) is 5.76 Å². The quantitative estimate of drug-likeness (QED) is 0.297. The first kappa shape index (κ1) is 21.6. The molecule has 0 aliphatic heterocycles. The number of hydrogen-bond donors (Lipinski definition) is 3. The van der Waals surface area contributed by atoms with Crippen LogP contribution in [0.25, 0.3) is 0 Å². The van der Waals surface area contributed by atoms with Gasteiger partial charge in [0.2, 0.25) is 0 Å². The van der Waals surface area contributed by atoms with Crippen molar-refractivity contribution < 1.29 is 13.9 Å². The third kappa shape index (κ3) is 8.46. The third-order valence-corrected chi connectivity index (χ3v) is 3.80. The van der Waals surface area contributed by atoms with Gasteiger partial charge in [-0.3, -0.25) is 4.99 Å². The molecule has 142 valence electrons. The molecule has 1 aromatic heterocycles. The monoisotopic (exact) mass is 464 g/mol. The van der Waals surface area contributed by atoms with Crippen LogP contribution in [-0.2, 0) is 11.2 Å². The van der Waals surface area contributed by atoms with E-state index in [1.165, 1.54) is 0 Å². The van der Waals surface area contributed by atoms with Gasteiger partial charge < -0.3 is 25.1 Å². The van der Waals surface area contributed by atoms with Gasteiger partial charge in [0.25, 0.3) is 0 Å². The number of carbonyl (C=O) groups is 1. The maximum absolute atomic E-state index is 11.6. The average molecular weight is 464 g/mol. The number of rotatable bonds is 9. The SMILES string of the molecule is CCNC(=NCC(NC(=O)OCC)C1CC1)NCCc1ccco1.I. The first-order valence-corrected chi connectivity index (χ1v) is 8.70. The zero-order valence-electron chi connectivity index (χ0n) is 14.9. The van der Waals surface area contributed by atoms with Crippen molar-refractivity contribution in [3.05, 3.63) is 24.2 Å². The molecule has 0 radical (unpaired) electrons. The number of nitrogens with one attached hydrogen (secondary N) is 3. The number of ether oxygens (including phenoxy) is 1. The summed E-state index contributed by atoms with van der Waals surface area (Å²) in [6.45, 7) is 6.27. The molecular weight excluding hydrogens is 435 g/mol. The Morgan fingerprint density at radius 1 is 1.40 bits per heavy atom. The largest absolute Gasteiger partial charge is 0.469 e. The summed E-state index contributed by atoms with van der Waals surface area (Å²) in [4.78, 5) is 16.2. The molecule has 7 nitrogen and oxygen atoms in total. The lowest BCUT2D eigenvalue weighted by atomic mass is 10.2. The Labute approximate surface area is 166 Å². The number of guanidine groups is 1. The summed E-state index contributed by atoms with van der Waals surface area (Å²) >= 11 is 0. The maximum atomic E-state index is 11.6. The fourth-order valence-corrected chi connectivity index (χ4v) is 2.43. The average Bonchev–Trinajstić information content (AvgIpc) is 3.28. The van der Waals surface area contributed by atoms with Crippen LogP contribution in [0, 0.1) is 5.92 Å². The molecule has 1 aromatic rings. The van der Waals surface area contributed by atoms with Crippen molar-refractivity contribution >= 4 is 36.0 Å². The maximum Gasteiger partial charge on any atom is 0.407 e. The Balaban J connectivity index is 0.00000312. The zero-order chi connectivity index (χ0) is 17.2. The van der Waals surface area contributed by atoms with Gasteiger partial charge in [-0.05, 0) is 44.7 Å². The molecule has 1 aliphatic carbocycles. The summed E-state index contributed by atoms with van der Waals surface area (Å²) in [5, 5.41) is 9.42. The molecule has 1 saturated carbocycles. The molecule has 8 heteroatoms. The minimum atomic E-state index is -0.361. The topological polar surface area (TPSA) is 87.9 Å². The summed E-state index contributed by atoms with van der Waals surface area (Å²) in [6, 6.07) is 3.87. The number of halogens is 1. The molecule has 0 bridgehead atoms. The lowest BCUT2D eigenvalue weighted by Crippen LogP contribution is -2.42. The summed E-state index contributed by atoms with van der Waals surface area (Å²) in [6.07, 6.45) is 4.38. The van der Waals surface area contributed by atoms with E-state index in [1.54, 1.807) is 13.2 Å². The highest BCUT2D eigenvalue weighted by atomic mass is 127. The van der Waals surface area contributed by atoms with Gasteiger partial charge in [0.15, 0.2) is 5.96 Å². The van der Waals surface area contributed by atoms with Crippen molar-refractivity contribution in [3.8, 4) is 0 Å². The van der Waals surface area contributed by atoms with Crippen molar-refractivity contribution in [1.82, 2.24) is 16.0 Å². The van der Waals surface area contributed by atoms with Crippen LogP contribution in [0.5, 0.6) is 0 Å². The number of alkyl carbamates (subject to hydrolysis) is 1. The van der Waals surface area contributed by atoms with Gasteiger partial charge in [-0.25, -0.2) is 4.79 Å². The van der Waals surface area contributed by atoms with E-state index in [1.807, 2.05) is 19.1 Å². The minimum Gasteiger partial charge on any atom is -0.469 e. The molecule has 25 heavy (non-hydrogen) atoms. The second-order valence-electron chi connectivity index (χ2n) is 5.78. The van der Waals surface area contributed by atoms with E-state index in [0.717, 1.165) is 44.1 Å². The van der Waals surface area contributed by atoms with Gasteiger partial charge in [-0.2, -0.15) is 0 Å². The van der Waals surface area contributed by atoms with Crippen LogP contribution in [0.2, 0.25) is 0 Å². The van der Waals surface area contributed by atoms with Crippen molar-refractivity contribution in [2.45, 2.75) is 39.2 Å². The molecule has 0 spiro atoms. The summed E-state index contributed by atoms with van der Waals surface area (Å²) in [5.74, 6) is 2.20. The molecule has 1 aliphatic rings. The minimum absolute atomic E-state index is 0. The van der Waals surface area contributed by atoms with Crippen LogP contribution < -0.4 is 16.0 Å². The Kier molecular flexibility index (Phi) is 10.4. The van der Waals surface area contributed by atoms with Crippen molar-refractivity contribution in [3.63, 3.8) is 0 Å². The molecule has 1 atom stereocenters. The van der Waals surface area contributed by atoms with Crippen LogP contribution in [0.15, 0.2) is 27.8 Å². The summed E-state index contributed by atoms with van der Waals surface area (Å²) < 4.78 is 10.3. The van der Waals surface area contributed by atoms with E-state index >= 15 is 0 Å². The van der Waals surface area contributed by atoms with Gasteiger partial charge >= 0.3 is 6.09 Å². The Bertz CT molecular complexity index is 518. The number of hydrogen-bond acceptors (Lipinski definition) is 4. The summed E-state index contributed by atoms with van der Waals surface area (Å²) in [7, 11) is 0. The normalized spacial score (nSPS) is 15.0. The third-order valence-electron chi connectivity index (χ3n) is 3.80.